The van der Waals surface area contributed by atoms with Gasteiger partial charge in [-0.2, -0.15) is 0 Å². The lowest BCUT2D eigenvalue weighted by Gasteiger charge is -2.13. The molecule has 0 saturated heterocycles. The van der Waals surface area contributed by atoms with Gasteiger partial charge in [-0.25, -0.2) is 9.97 Å². The number of halogens is 1. The van der Waals surface area contributed by atoms with Crippen LogP contribution in [0.2, 0.25) is 5.02 Å². The third-order valence-electron chi connectivity index (χ3n) is 4.20. The fourth-order valence-electron chi connectivity index (χ4n) is 2.77. The molecule has 3 aromatic heterocycles. The van der Waals surface area contributed by atoms with Crippen molar-refractivity contribution < 1.29 is 4.74 Å². The maximum Gasteiger partial charge on any atom is 0.135 e. The van der Waals surface area contributed by atoms with Crippen LogP contribution in [-0.4, -0.2) is 35.7 Å². The number of nitrogens with zero attached hydrogens (tertiary/aromatic N) is 2. The molecule has 0 radical (unpaired) electrons. The topological polar surface area (TPSA) is 62.8 Å². The Morgan fingerprint density at radius 2 is 2.00 bits per heavy atom. The van der Waals surface area contributed by atoms with Gasteiger partial charge in [-0.3, -0.25) is 0 Å². The number of hydrogen-bond donors (Lipinski definition) is 2. The second-order valence-electron chi connectivity index (χ2n) is 6.72. The van der Waals surface area contributed by atoms with E-state index in [1.54, 1.807) is 13.3 Å². The molecule has 0 aromatic carbocycles. The van der Waals surface area contributed by atoms with Crippen molar-refractivity contribution in [2.24, 2.45) is 0 Å². The van der Waals surface area contributed by atoms with Gasteiger partial charge >= 0.3 is 0 Å². The van der Waals surface area contributed by atoms with Crippen LogP contribution in [0.4, 0.5) is 5.82 Å². The van der Waals surface area contributed by atoms with Crippen LogP contribution in [0.3, 0.4) is 0 Å². The van der Waals surface area contributed by atoms with E-state index < -0.39 is 0 Å². The van der Waals surface area contributed by atoms with Crippen molar-refractivity contribution in [3.63, 3.8) is 0 Å². The molecule has 5 nitrogen and oxygen atoms in total. The number of H-pyrrole nitrogens is 1. The highest BCUT2D eigenvalue weighted by molar-refractivity contribution is 6.35. The first-order valence-corrected chi connectivity index (χ1v) is 9.62. The summed E-state index contributed by atoms with van der Waals surface area (Å²) in [7, 11) is 3.59. The average Bonchev–Trinajstić information content (AvgIpc) is 3.01. The first kappa shape index (κ1) is 21.2. The summed E-state index contributed by atoms with van der Waals surface area (Å²) in [5.74, 6) is 1.23. The number of pyridine rings is 2. The molecule has 0 amide bonds. The van der Waals surface area contributed by atoms with E-state index in [-0.39, 0.29) is 0 Å². The highest BCUT2D eigenvalue weighted by Gasteiger charge is 2.14. The van der Waals surface area contributed by atoms with Crippen LogP contribution in [0.25, 0.3) is 22.3 Å². The number of rotatable bonds is 5. The summed E-state index contributed by atoms with van der Waals surface area (Å²) in [6.07, 6.45) is 2.89. The van der Waals surface area contributed by atoms with Crippen LogP contribution in [0, 0.1) is 6.92 Å². The zero-order chi connectivity index (χ0) is 20.0. The number of nitrogens with one attached hydrogen (secondary N) is 2. The monoisotopic (exact) mass is 388 g/mol. The molecule has 0 bridgehead atoms. The van der Waals surface area contributed by atoms with E-state index in [1.807, 2.05) is 14.0 Å². The SMILES string of the molecule is CCCOC.CNc1nc(C(C)C)ccc1-c1nc2c(Cl)c[nH]c2cc1C. The van der Waals surface area contributed by atoms with Gasteiger partial charge in [-0.05, 0) is 43.0 Å². The maximum absolute atomic E-state index is 6.20. The van der Waals surface area contributed by atoms with Gasteiger partial charge in [0.15, 0.2) is 0 Å². The molecule has 0 saturated carbocycles. The quantitative estimate of drug-likeness (QED) is 0.580. The number of methoxy groups -OCH3 is 1. The highest BCUT2D eigenvalue weighted by atomic mass is 35.5. The summed E-state index contributed by atoms with van der Waals surface area (Å²) in [5.41, 5.74) is 5.78. The molecule has 0 aliphatic carbocycles. The van der Waals surface area contributed by atoms with E-state index in [4.69, 9.17) is 26.3 Å². The van der Waals surface area contributed by atoms with Crippen LogP contribution in [0.15, 0.2) is 24.4 Å². The van der Waals surface area contributed by atoms with Crippen molar-refractivity contribution in [2.75, 3.05) is 26.1 Å². The summed E-state index contributed by atoms with van der Waals surface area (Å²) in [6, 6.07) is 6.21. The number of aromatic nitrogens is 3. The summed E-state index contributed by atoms with van der Waals surface area (Å²) in [4.78, 5) is 12.6. The largest absolute Gasteiger partial charge is 0.385 e. The van der Waals surface area contributed by atoms with E-state index in [2.05, 4.69) is 49.3 Å². The Balaban J connectivity index is 0.000000465. The molecule has 3 aromatic rings. The minimum Gasteiger partial charge on any atom is -0.385 e. The Morgan fingerprint density at radius 1 is 1.26 bits per heavy atom. The van der Waals surface area contributed by atoms with Crippen LogP contribution in [-0.2, 0) is 4.74 Å². The number of hydrogen-bond acceptors (Lipinski definition) is 4. The molecule has 0 atom stereocenters. The van der Waals surface area contributed by atoms with Crippen LogP contribution < -0.4 is 5.32 Å². The van der Waals surface area contributed by atoms with Crippen molar-refractivity contribution in [1.29, 1.82) is 0 Å². The Morgan fingerprint density at radius 3 is 2.56 bits per heavy atom. The Hall–Kier alpha value is -2.11. The van der Waals surface area contributed by atoms with Gasteiger partial charge in [-0.1, -0.05) is 32.4 Å². The molecular formula is C21H29ClN4O. The van der Waals surface area contributed by atoms with Crippen molar-refractivity contribution >= 4 is 28.5 Å². The predicted molar refractivity (Wildman–Crippen MR) is 115 cm³/mol. The fraction of sp³-hybridized carbons (Fsp3) is 0.429. The zero-order valence-electron chi connectivity index (χ0n) is 17.0. The molecular weight excluding hydrogens is 360 g/mol. The number of aromatic amines is 1. The molecule has 0 unspecified atom stereocenters. The number of fused-ring (bicyclic) bond motifs is 1. The van der Waals surface area contributed by atoms with E-state index >= 15 is 0 Å². The summed E-state index contributed by atoms with van der Waals surface area (Å²) in [5, 5.41) is 3.81. The molecule has 0 spiro atoms. The second-order valence-corrected chi connectivity index (χ2v) is 7.12. The van der Waals surface area contributed by atoms with Gasteiger partial charge in [0.25, 0.3) is 0 Å². The Kier molecular flexibility index (Phi) is 7.63. The van der Waals surface area contributed by atoms with Gasteiger partial charge in [0.2, 0.25) is 0 Å². The normalized spacial score (nSPS) is 10.8. The first-order chi connectivity index (χ1) is 12.9. The minimum absolute atomic E-state index is 0.386. The van der Waals surface area contributed by atoms with Crippen LogP contribution in [0.1, 0.15) is 44.4 Å². The Labute approximate surface area is 166 Å². The van der Waals surface area contributed by atoms with Crippen molar-refractivity contribution in [2.45, 2.75) is 40.0 Å². The molecule has 0 fully saturated rings. The average molecular weight is 389 g/mol. The van der Waals surface area contributed by atoms with Crippen molar-refractivity contribution in [3.8, 4) is 11.3 Å². The predicted octanol–water partition coefficient (Wildman–Crippen LogP) is 5.79. The van der Waals surface area contributed by atoms with Crippen molar-refractivity contribution in [1.82, 2.24) is 15.0 Å². The third-order valence-corrected chi connectivity index (χ3v) is 4.49. The first-order valence-electron chi connectivity index (χ1n) is 9.25. The highest BCUT2D eigenvalue weighted by Crippen LogP contribution is 2.32. The lowest BCUT2D eigenvalue weighted by molar-refractivity contribution is 0.199. The van der Waals surface area contributed by atoms with Crippen LogP contribution in [0.5, 0.6) is 0 Å². The summed E-state index contributed by atoms with van der Waals surface area (Å²) in [6.45, 7) is 9.29. The van der Waals surface area contributed by atoms with E-state index in [0.29, 0.717) is 10.9 Å². The number of aryl methyl sites for hydroxylation is 1. The van der Waals surface area contributed by atoms with Gasteiger partial charge in [0.05, 0.1) is 16.2 Å². The summed E-state index contributed by atoms with van der Waals surface area (Å²) < 4.78 is 4.69. The molecule has 6 heteroatoms. The minimum atomic E-state index is 0.386. The number of anilines is 1. The fourth-order valence-corrected chi connectivity index (χ4v) is 2.97. The van der Waals surface area contributed by atoms with E-state index in [1.165, 1.54) is 0 Å². The molecule has 146 valence electrons. The maximum atomic E-state index is 6.20. The van der Waals surface area contributed by atoms with Crippen molar-refractivity contribution in [3.05, 3.63) is 40.7 Å². The summed E-state index contributed by atoms with van der Waals surface area (Å²) >= 11 is 6.20. The van der Waals surface area contributed by atoms with E-state index in [9.17, 15) is 0 Å². The Bertz CT molecular complexity index is 887. The lowest BCUT2D eigenvalue weighted by Crippen LogP contribution is -2.02. The molecule has 3 rings (SSSR count). The molecule has 3 heterocycles. The zero-order valence-corrected chi connectivity index (χ0v) is 17.7. The molecule has 0 aliphatic heterocycles. The smallest absolute Gasteiger partial charge is 0.135 e. The standard InChI is InChI=1S/C17H19ClN4.C4H10O/c1-9(2)13-6-5-11(17(19-4)21-13)15-10(3)7-14-16(22-15)12(18)8-20-14;1-3-4-5-2/h5-9,20H,1-4H3,(H,19,21);3-4H2,1-2H3. The van der Waals surface area contributed by atoms with Gasteiger partial charge in [0.1, 0.15) is 11.3 Å². The third kappa shape index (κ3) is 4.99. The molecule has 2 N–H and O–H groups in total. The van der Waals surface area contributed by atoms with Gasteiger partial charge in [-0.15, -0.1) is 0 Å². The van der Waals surface area contributed by atoms with Gasteiger partial charge < -0.3 is 15.0 Å². The second kappa shape index (κ2) is 9.72. The molecule has 0 aliphatic rings. The molecule has 27 heavy (non-hydrogen) atoms. The van der Waals surface area contributed by atoms with E-state index in [0.717, 1.165) is 52.4 Å². The van der Waals surface area contributed by atoms with Gasteiger partial charge in [0, 0.05) is 38.2 Å². The van der Waals surface area contributed by atoms with Crippen LogP contribution >= 0.6 is 11.6 Å². The number of ether oxygens (including phenoxy) is 1. The lowest BCUT2D eigenvalue weighted by atomic mass is 10.0.